The van der Waals surface area contributed by atoms with Gasteiger partial charge in [-0.3, -0.25) is 0 Å². The molecule has 0 saturated heterocycles. The Balaban J connectivity index is 1.52. The first-order valence-electron chi connectivity index (χ1n) is 10.4. The molecule has 0 unspecified atom stereocenters. The molecule has 4 aromatic rings. The van der Waals surface area contributed by atoms with Crippen LogP contribution in [0.2, 0.25) is 0 Å². The highest BCUT2D eigenvalue weighted by molar-refractivity contribution is 7.98. The molecule has 0 fully saturated rings. The summed E-state index contributed by atoms with van der Waals surface area (Å²) >= 11 is 1.29. The quantitative estimate of drug-likeness (QED) is 0.278. The molecule has 0 N–H and O–H groups in total. The monoisotopic (exact) mass is 467 g/mol. The van der Waals surface area contributed by atoms with Gasteiger partial charge in [0.2, 0.25) is 0 Å². The minimum Gasteiger partial charge on any atom is -0.485 e. The van der Waals surface area contributed by atoms with Gasteiger partial charge in [0.05, 0.1) is 6.61 Å². The number of methoxy groups -OCH3 is 1. The third-order valence-corrected chi connectivity index (χ3v) is 6.05. The van der Waals surface area contributed by atoms with Crippen LogP contribution in [-0.2, 0) is 23.6 Å². The molecule has 170 valence electrons. The summed E-state index contributed by atoms with van der Waals surface area (Å²) in [5.74, 6) is -0.112. The summed E-state index contributed by atoms with van der Waals surface area (Å²) < 4.78 is 40.8. The molecule has 8 heteroatoms. The van der Waals surface area contributed by atoms with Crippen LogP contribution in [0.5, 0.6) is 5.75 Å². The van der Waals surface area contributed by atoms with E-state index in [2.05, 4.69) is 10.2 Å². The van der Waals surface area contributed by atoms with Gasteiger partial charge in [-0.15, -0.1) is 10.2 Å². The summed E-state index contributed by atoms with van der Waals surface area (Å²) in [5, 5.41) is 9.12. The van der Waals surface area contributed by atoms with Gasteiger partial charge in [-0.1, -0.05) is 72.4 Å². The maximum absolute atomic E-state index is 14.0. The molecule has 0 aliphatic heterocycles. The fourth-order valence-corrected chi connectivity index (χ4v) is 4.29. The van der Waals surface area contributed by atoms with Gasteiger partial charge in [-0.05, 0) is 17.7 Å². The van der Waals surface area contributed by atoms with Crippen molar-refractivity contribution in [2.24, 2.45) is 0 Å². The Bertz CT molecular complexity index is 1200. The minimum atomic E-state index is -0.861. The van der Waals surface area contributed by atoms with E-state index in [1.807, 2.05) is 59.2 Å². The third kappa shape index (κ3) is 5.58. The molecule has 5 nitrogen and oxygen atoms in total. The highest BCUT2D eigenvalue weighted by Crippen LogP contribution is 2.30. The van der Waals surface area contributed by atoms with Crippen molar-refractivity contribution >= 4 is 11.8 Å². The van der Waals surface area contributed by atoms with Crippen LogP contribution in [0.1, 0.15) is 11.4 Å². The predicted molar refractivity (Wildman–Crippen MR) is 124 cm³/mol. The molecular weight excluding hydrogens is 444 g/mol. The fraction of sp³-hybridized carbons (Fsp3) is 0.200. The second-order valence-corrected chi connectivity index (χ2v) is 8.14. The summed E-state index contributed by atoms with van der Waals surface area (Å²) in [4.78, 5) is 0. The first-order valence-corrected chi connectivity index (χ1v) is 11.4. The summed E-state index contributed by atoms with van der Waals surface area (Å²) in [7, 11) is 1.62. The Hall–Kier alpha value is -3.23. The summed E-state index contributed by atoms with van der Waals surface area (Å²) in [6, 6.07) is 22.0. The lowest BCUT2D eigenvalue weighted by Gasteiger charge is -2.13. The number of ether oxygens (including phenoxy) is 2. The molecule has 0 amide bonds. The average molecular weight is 468 g/mol. The van der Waals surface area contributed by atoms with Crippen LogP contribution in [0.4, 0.5) is 8.78 Å². The van der Waals surface area contributed by atoms with E-state index in [-0.39, 0.29) is 17.9 Å². The molecule has 1 aromatic heterocycles. The number of rotatable bonds is 10. The Morgan fingerprint density at radius 1 is 0.909 bits per heavy atom. The van der Waals surface area contributed by atoms with E-state index >= 15 is 0 Å². The standard InChI is InChI=1S/C25H23F2N3O2S/c1-31-15-14-30-23(28-29-25(30)33-17-19-10-7-12-21(26)24(19)27)16-32-22-13-6-5-11-20(22)18-8-3-2-4-9-18/h2-13H,14-17H2,1H3. The lowest BCUT2D eigenvalue weighted by molar-refractivity contribution is 0.181. The first-order chi connectivity index (χ1) is 16.2. The van der Waals surface area contributed by atoms with Crippen molar-refractivity contribution in [3.05, 3.63) is 95.8 Å². The first kappa shape index (κ1) is 22.9. The van der Waals surface area contributed by atoms with E-state index < -0.39 is 11.6 Å². The molecule has 1 heterocycles. The van der Waals surface area contributed by atoms with Crippen LogP contribution in [0, 0.1) is 11.6 Å². The number of halogens is 2. The molecule has 33 heavy (non-hydrogen) atoms. The number of para-hydroxylation sites is 1. The van der Waals surface area contributed by atoms with E-state index in [0.29, 0.717) is 24.1 Å². The molecule has 0 bridgehead atoms. The smallest absolute Gasteiger partial charge is 0.191 e. The number of benzene rings is 3. The van der Waals surface area contributed by atoms with Gasteiger partial charge >= 0.3 is 0 Å². The molecule has 0 saturated carbocycles. The van der Waals surface area contributed by atoms with Crippen LogP contribution < -0.4 is 4.74 Å². The van der Waals surface area contributed by atoms with Crippen molar-refractivity contribution in [3.8, 4) is 16.9 Å². The van der Waals surface area contributed by atoms with Gasteiger partial charge < -0.3 is 14.0 Å². The Morgan fingerprint density at radius 2 is 1.70 bits per heavy atom. The Kier molecular flexibility index (Phi) is 7.70. The fourth-order valence-electron chi connectivity index (χ4n) is 3.33. The highest BCUT2D eigenvalue weighted by atomic mass is 32.2. The third-order valence-electron chi connectivity index (χ3n) is 5.03. The average Bonchev–Trinajstić information content (AvgIpc) is 3.24. The summed E-state index contributed by atoms with van der Waals surface area (Å²) in [5.41, 5.74) is 2.32. The maximum Gasteiger partial charge on any atom is 0.191 e. The zero-order valence-electron chi connectivity index (χ0n) is 18.1. The second kappa shape index (κ2) is 11.1. The highest BCUT2D eigenvalue weighted by Gasteiger charge is 2.16. The van der Waals surface area contributed by atoms with Gasteiger partial charge in [0.1, 0.15) is 12.4 Å². The molecular formula is C25H23F2N3O2S. The van der Waals surface area contributed by atoms with Gasteiger partial charge in [-0.25, -0.2) is 8.78 Å². The lowest BCUT2D eigenvalue weighted by atomic mass is 10.1. The van der Waals surface area contributed by atoms with Crippen LogP contribution in [0.3, 0.4) is 0 Å². The summed E-state index contributed by atoms with van der Waals surface area (Å²) in [6.07, 6.45) is 0. The predicted octanol–water partition coefficient (Wildman–Crippen LogP) is 5.74. The van der Waals surface area contributed by atoms with Crippen LogP contribution >= 0.6 is 11.8 Å². The van der Waals surface area contributed by atoms with Crippen LogP contribution in [-0.4, -0.2) is 28.5 Å². The largest absolute Gasteiger partial charge is 0.485 e. The van der Waals surface area contributed by atoms with Crippen molar-refractivity contribution in [3.63, 3.8) is 0 Å². The maximum atomic E-state index is 14.0. The van der Waals surface area contributed by atoms with Gasteiger partial charge in [-0.2, -0.15) is 0 Å². The van der Waals surface area contributed by atoms with E-state index in [1.165, 1.54) is 17.8 Å². The second-order valence-electron chi connectivity index (χ2n) is 7.20. The molecule has 0 atom stereocenters. The number of thioether (sulfide) groups is 1. The Labute approximate surface area is 195 Å². The van der Waals surface area contributed by atoms with Gasteiger partial charge in [0.15, 0.2) is 22.6 Å². The number of hydrogen-bond donors (Lipinski definition) is 0. The summed E-state index contributed by atoms with van der Waals surface area (Å²) in [6.45, 7) is 1.17. The molecule has 0 aliphatic rings. The van der Waals surface area contributed by atoms with Crippen molar-refractivity contribution in [2.45, 2.75) is 24.1 Å². The van der Waals surface area contributed by atoms with E-state index in [4.69, 9.17) is 9.47 Å². The molecule has 0 radical (unpaired) electrons. The van der Waals surface area contributed by atoms with Crippen molar-refractivity contribution < 1.29 is 18.3 Å². The number of aromatic nitrogens is 3. The normalized spacial score (nSPS) is 11.0. The van der Waals surface area contributed by atoms with Crippen molar-refractivity contribution in [1.29, 1.82) is 0 Å². The van der Waals surface area contributed by atoms with E-state index in [1.54, 1.807) is 13.2 Å². The topological polar surface area (TPSA) is 49.2 Å². The van der Waals surface area contributed by atoms with Crippen LogP contribution in [0.25, 0.3) is 11.1 Å². The van der Waals surface area contributed by atoms with Crippen LogP contribution in [0.15, 0.2) is 78.0 Å². The van der Waals surface area contributed by atoms with Crippen molar-refractivity contribution in [1.82, 2.24) is 14.8 Å². The number of hydrogen-bond acceptors (Lipinski definition) is 5. The molecule has 0 aliphatic carbocycles. The Morgan fingerprint density at radius 3 is 2.52 bits per heavy atom. The van der Waals surface area contributed by atoms with E-state index in [0.717, 1.165) is 22.9 Å². The van der Waals surface area contributed by atoms with Gasteiger partial charge in [0.25, 0.3) is 0 Å². The molecule has 4 rings (SSSR count). The van der Waals surface area contributed by atoms with E-state index in [9.17, 15) is 8.78 Å². The number of nitrogens with zero attached hydrogens (tertiary/aromatic N) is 3. The van der Waals surface area contributed by atoms with Gasteiger partial charge in [0, 0.05) is 30.5 Å². The molecule has 3 aromatic carbocycles. The SMILES string of the molecule is COCCn1c(COc2ccccc2-c2ccccc2)nnc1SCc1cccc(F)c1F. The minimum absolute atomic E-state index is 0.204. The zero-order valence-corrected chi connectivity index (χ0v) is 18.9. The molecule has 0 spiro atoms. The van der Waals surface area contributed by atoms with Crippen molar-refractivity contribution in [2.75, 3.05) is 13.7 Å². The zero-order chi connectivity index (χ0) is 23.0. The lowest BCUT2D eigenvalue weighted by Crippen LogP contribution is -2.12.